The Balaban J connectivity index is 3.28. The summed E-state index contributed by atoms with van der Waals surface area (Å²) in [7, 11) is 0. The lowest BCUT2D eigenvalue weighted by Crippen LogP contribution is -1.87. The maximum Gasteiger partial charge on any atom is 0.120 e. The van der Waals surface area contributed by atoms with Crippen LogP contribution in [0.4, 0.5) is 0 Å². The summed E-state index contributed by atoms with van der Waals surface area (Å²) < 4.78 is 3.04. The predicted octanol–water partition coefficient (Wildman–Crippen LogP) is 3.52. The van der Waals surface area contributed by atoms with Crippen LogP contribution < -0.4 is 0 Å². The van der Waals surface area contributed by atoms with E-state index in [0.29, 0.717) is 0 Å². The summed E-state index contributed by atoms with van der Waals surface area (Å²) in [6, 6.07) is 2.03. The molecule has 1 aromatic heterocycles. The largest absolute Gasteiger partial charge is 0.244 e. The Kier molecular flexibility index (Phi) is 3.12. The number of nitrogens with zero attached hydrogens (tertiary/aromatic N) is 1. The van der Waals surface area contributed by atoms with Crippen molar-refractivity contribution < 1.29 is 0 Å². The van der Waals surface area contributed by atoms with E-state index in [0.717, 1.165) is 14.8 Å². The van der Waals surface area contributed by atoms with Gasteiger partial charge in [0, 0.05) is 3.57 Å². The van der Waals surface area contributed by atoms with Crippen molar-refractivity contribution in [1.82, 2.24) is 4.98 Å². The van der Waals surface area contributed by atoms with Gasteiger partial charge in [-0.05, 0) is 67.4 Å². The summed E-state index contributed by atoms with van der Waals surface area (Å²) in [6.07, 6.45) is 0. The molecule has 0 atom stereocenters. The highest BCUT2D eigenvalue weighted by atomic mass is 127. The highest BCUT2D eigenvalue weighted by Crippen LogP contribution is 2.23. The third kappa shape index (κ3) is 1.92. The fourth-order valence-electron chi connectivity index (χ4n) is 0.529. The number of hydrogen-bond acceptors (Lipinski definition) is 1. The molecule has 0 amide bonds. The van der Waals surface area contributed by atoms with Crippen LogP contribution in [0, 0.1) is 10.5 Å². The summed E-state index contributed by atoms with van der Waals surface area (Å²) in [5.74, 6) is 0. The topological polar surface area (TPSA) is 12.9 Å². The van der Waals surface area contributed by atoms with E-state index in [1.54, 1.807) is 0 Å². The molecule has 54 valence electrons. The number of rotatable bonds is 0. The monoisotopic (exact) mass is 375 g/mol. The van der Waals surface area contributed by atoms with Crippen LogP contribution in [0.25, 0.3) is 0 Å². The zero-order valence-corrected chi connectivity index (χ0v) is 10.5. The van der Waals surface area contributed by atoms with Crippen molar-refractivity contribution in [2.24, 2.45) is 0 Å². The smallest absolute Gasteiger partial charge is 0.120 e. The molecule has 1 nitrogen and oxygen atoms in total. The maximum absolute atomic E-state index is 4.23. The van der Waals surface area contributed by atoms with Crippen molar-refractivity contribution in [3.8, 4) is 0 Å². The molecule has 0 saturated heterocycles. The highest BCUT2D eigenvalue weighted by molar-refractivity contribution is 14.1. The molecule has 0 radical (unpaired) electrons. The summed E-state index contributed by atoms with van der Waals surface area (Å²) in [5.41, 5.74) is 1.05. The van der Waals surface area contributed by atoms with E-state index in [-0.39, 0.29) is 0 Å². The van der Waals surface area contributed by atoms with Gasteiger partial charge in [0.05, 0.1) is 10.2 Å². The van der Waals surface area contributed by atoms with Gasteiger partial charge in [0.25, 0.3) is 0 Å². The predicted molar refractivity (Wildman–Crippen MR) is 57.1 cm³/mol. The Morgan fingerprint density at radius 1 is 1.50 bits per heavy atom. The summed E-state index contributed by atoms with van der Waals surface area (Å²) >= 11 is 8.94. The lowest BCUT2D eigenvalue weighted by atomic mass is 10.4. The average molecular weight is 377 g/mol. The van der Waals surface area contributed by atoms with Crippen molar-refractivity contribution in [3.63, 3.8) is 0 Å². The van der Waals surface area contributed by atoms with Crippen LogP contribution >= 0.6 is 54.5 Å². The summed E-state index contributed by atoms with van der Waals surface area (Å²) in [5, 5.41) is 0. The van der Waals surface area contributed by atoms with Gasteiger partial charge >= 0.3 is 0 Å². The second-order valence-corrected chi connectivity index (χ2v) is 4.60. The molecule has 0 saturated carbocycles. The second kappa shape index (κ2) is 3.49. The molecule has 10 heavy (non-hydrogen) atoms. The number of aromatic nitrogens is 1. The number of pyridine rings is 1. The van der Waals surface area contributed by atoms with Crippen molar-refractivity contribution in [2.75, 3.05) is 0 Å². The molecule has 0 aromatic carbocycles. The molecule has 4 heteroatoms. The molecule has 0 spiro atoms. The van der Waals surface area contributed by atoms with E-state index in [9.17, 15) is 0 Å². The van der Waals surface area contributed by atoms with Crippen molar-refractivity contribution in [2.45, 2.75) is 6.92 Å². The van der Waals surface area contributed by atoms with E-state index in [2.05, 4.69) is 59.4 Å². The fraction of sp³-hybridized carbons (Fsp3) is 0.167. The minimum Gasteiger partial charge on any atom is -0.244 e. The van der Waals surface area contributed by atoms with Gasteiger partial charge in [0.2, 0.25) is 0 Å². The lowest BCUT2D eigenvalue weighted by molar-refractivity contribution is 1.13. The van der Waals surface area contributed by atoms with E-state index < -0.39 is 0 Å². The maximum atomic E-state index is 4.23. The van der Waals surface area contributed by atoms with E-state index >= 15 is 0 Å². The molecule has 0 aliphatic carbocycles. The third-order valence-electron chi connectivity index (χ3n) is 1.06. The van der Waals surface area contributed by atoms with Gasteiger partial charge in [-0.25, -0.2) is 4.98 Å². The quantitative estimate of drug-likeness (QED) is 0.498. The molecule has 0 N–H and O–H groups in total. The average Bonchev–Trinajstić information content (AvgIpc) is 1.84. The van der Waals surface area contributed by atoms with E-state index in [1.807, 2.05) is 13.0 Å². The second-order valence-electron chi connectivity index (χ2n) is 1.83. The number of halogens is 3. The molecule has 0 bridgehead atoms. The van der Waals surface area contributed by atoms with E-state index in [4.69, 9.17) is 0 Å². The number of hydrogen-bond donors (Lipinski definition) is 0. The fourth-order valence-corrected chi connectivity index (χ4v) is 2.09. The molecular weight excluding hydrogens is 373 g/mol. The Morgan fingerprint density at radius 2 is 2.10 bits per heavy atom. The molecule has 1 aromatic rings. The van der Waals surface area contributed by atoms with Gasteiger partial charge < -0.3 is 0 Å². The minimum absolute atomic E-state index is 0.866. The number of aryl methyl sites for hydroxylation is 1. The zero-order valence-electron chi connectivity index (χ0n) is 5.16. The first-order valence-electron chi connectivity index (χ1n) is 2.59. The van der Waals surface area contributed by atoms with Crippen LogP contribution in [0.1, 0.15) is 5.69 Å². The molecular formula is C6H4Br2IN. The Bertz CT molecular complexity index is 212. The van der Waals surface area contributed by atoms with Gasteiger partial charge in [-0.3, -0.25) is 0 Å². The Morgan fingerprint density at radius 3 is 2.60 bits per heavy atom. The van der Waals surface area contributed by atoms with Crippen LogP contribution in [0.3, 0.4) is 0 Å². The highest BCUT2D eigenvalue weighted by Gasteiger charge is 2.01. The van der Waals surface area contributed by atoms with Gasteiger partial charge in [0.15, 0.2) is 0 Å². The SMILES string of the molecule is Cc1nc(Br)c(Br)cc1I. The normalized spacial score (nSPS) is 10.0. The molecule has 0 unspecified atom stereocenters. The van der Waals surface area contributed by atoms with E-state index in [1.165, 1.54) is 3.57 Å². The summed E-state index contributed by atoms with van der Waals surface area (Å²) in [6.45, 7) is 1.99. The molecule has 1 rings (SSSR count). The van der Waals surface area contributed by atoms with Gasteiger partial charge in [-0.2, -0.15) is 0 Å². The van der Waals surface area contributed by atoms with Crippen LogP contribution in [0.5, 0.6) is 0 Å². The van der Waals surface area contributed by atoms with Crippen molar-refractivity contribution >= 4 is 54.5 Å². The van der Waals surface area contributed by atoms with Gasteiger partial charge in [-0.15, -0.1) is 0 Å². The van der Waals surface area contributed by atoms with Gasteiger partial charge in [0.1, 0.15) is 4.60 Å². The van der Waals surface area contributed by atoms with Crippen LogP contribution in [0.15, 0.2) is 15.1 Å². The van der Waals surface area contributed by atoms with Crippen LogP contribution in [0.2, 0.25) is 0 Å². The molecule has 0 fully saturated rings. The van der Waals surface area contributed by atoms with Gasteiger partial charge in [-0.1, -0.05) is 0 Å². The minimum atomic E-state index is 0.866. The summed E-state index contributed by atoms with van der Waals surface area (Å²) in [4.78, 5) is 4.23. The standard InChI is InChI=1S/C6H4Br2IN/c1-3-5(9)2-4(7)6(8)10-3/h2H,1H3. The van der Waals surface area contributed by atoms with Crippen molar-refractivity contribution in [3.05, 3.63) is 24.4 Å². The first-order chi connectivity index (χ1) is 4.61. The van der Waals surface area contributed by atoms with Crippen molar-refractivity contribution in [1.29, 1.82) is 0 Å². The first-order valence-corrected chi connectivity index (χ1v) is 5.26. The Labute approximate surface area is 90.0 Å². The Hall–Kier alpha value is 0.840. The molecule has 1 heterocycles. The molecule has 0 aliphatic heterocycles. The zero-order chi connectivity index (χ0) is 7.72. The third-order valence-corrected chi connectivity index (χ3v) is 3.90. The molecule has 0 aliphatic rings. The first kappa shape index (κ1) is 8.93. The van der Waals surface area contributed by atoms with Crippen LogP contribution in [-0.2, 0) is 0 Å². The lowest BCUT2D eigenvalue weighted by Gasteiger charge is -1.99. The van der Waals surface area contributed by atoms with Crippen LogP contribution in [-0.4, -0.2) is 4.98 Å².